The Hall–Kier alpha value is -1.42. The molecule has 1 aromatic carbocycles. The van der Waals surface area contributed by atoms with Gasteiger partial charge in [0.15, 0.2) is 11.5 Å². The highest BCUT2D eigenvalue weighted by Crippen LogP contribution is 2.30. The average molecular weight is 286 g/mol. The molecule has 0 saturated carbocycles. The van der Waals surface area contributed by atoms with E-state index in [4.69, 9.17) is 21.1 Å². The Balaban J connectivity index is 2.88. The zero-order valence-electron chi connectivity index (χ0n) is 11.7. The van der Waals surface area contributed by atoms with Crippen molar-refractivity contribution in [3.05, 3.63) is 23.8 Å². The zero-order valence-corrected chi connectivity index (χ0v) is 12.5. The van der Waals surface area contributed by atoms with Gasteiger partial charge in [0.1, 0.15) is 0 Å². The van der Waals surface area contributed by atoms with Gasteiger partial charge in [-0.15, -0.1) is 11.6 Å². The molecule has 0 fully saturated rings. The Morgan fingerprint density at radius 1 is 1.32 bits per heavy atom. The number of hydrogen-bond donors (Lipinski definition) is 1. The Labute approximate surface area is 119 Å². The van der Waals surface area contributed by atoms with Gasteiger partial charge in [0.25, 0.3) is 5.91 Å². The van der Waals surface area contributed by atoms with Gasteiger partial charge in [0.05, 0.1) is 19.8 Å². The predicted molar refractivity (Wildman–Crippen MR) is 76.4 cm³/mol. The van der Waals surface area contributed by atoms with E-state index in [1.807, 2.05) is 13.8 Å². The number of ether oxygens (including phenoxy) is 2. The number of carbonyl (C=O) groups excluding carboxylic acids is 1. The third-order valence-corrected chi connectivity index (χ3v) is 3.46. The van der Waals surface area contributed by atoms with E-state index in [9.17, 15) is 4.79 Å². The molecular formula is C14H20ClNO3. The Bertz CT molecular complexity index is 446. The molecule has 1 amide bonds. The summed E-state index contributed by atoms with van der Waals surface area (Å²) < 4.78 is 10.4. The summed E-state index contributed by atoms with van der Waals surface area (Å²) in [6.45, 7) is 4.47. The summed E-state index contributed by atoms with van der Waals surface area (Å²) in [6, 6.07) is 5.20. The minimum atomic E-state index is -0.200. The SMILES string of the molecule is COc1cccc(C(=O)NCC(C)(C)CCl)c1OC. The molecular weight excluding hydrogens is 266 g/mol. The second kappa shape index (κ2) is 6.66. The van der Waals surface area contributed by atoms with Crippen molar-refractivity contribution < 1.29 is 14.3 Å². The summed E-state index contributed by atoms with van der Waals surface area (Å²) in [6.07, 6.45) is 0. The first-order chi connectivity index (χ1) is 8.95. The molecule has 0 bridgehead atoms. The number of hydrogen-bond acceptors (Lipinski definition) is 3. The van der Waals surface area contributed by atoms with E-state index in [1.165, 1.54) is 14.2 Å². The van der Waals surface area contributed by atoms with Crippen molar-refractivity contribution in [2.75, 3.05) is 26.6 Å². The number of alkyl halides is 1. The Morgan fingerprint density at radius 3 is 2.53 bits per heavy atom. The Morgan fingerprint density at radius 2 is 2.00 bits per heavy atom. The number of nitrogens with one attached hydrogen (secondary N) is 1. The van der Waals surface area contributed by atoms with Crippen LogP contribution in [0.5, 0.6) is 11.5 Å². The minimum absolute atomic E-state index is 0.149. The lowest BCUT2D eigenvalue weighted by molar-refractivity contribution is 0.0936. The van der Waals surface area contributed by atoms with Gasteiger partial charge < -0.3 is 14.8 Å². The molecule has 1 aromatic rings. The number of methoxy groups -OCH3 is 2. The topological polar surface area (TPSA) is 47.6 Å². The summed E-state index contributed by atoms with van der Waals surface area (Å²) in [5, 5.41) is 2.86. The first kappa shape index (κ1) is 15.6. The van der Waals surface area contributed by atoms with Crippen LogP contribution in [-0.2, 0) is 0 Å². The van der Waals surface area contributed by atoms with E-state index >= 15 is 0 Å². The standard InChI is InChI=1S/C14H20ClNO3/c1-14(2,8-15)9-16-13(17)10-6-5-7-11(18-3)12(10)19-4/h5-7H,8-9H2,1-4H3,(H,16,17). The van der Waals surface area contributed by atoms with E-state index in [0.717, 1.165) is 0 Å². The molecule has 106 valence electrons. The Kier molecular flexibility index (Phi) is 5.48. The average Bonchev–Trinajstić information content (AvgIpc) is 2.43. The van der Waals surface area contributed by atoms with E-state index in [-0.39, 0.29) is 11.3 Å². The lowest BCUT2D eigenvalue weighted by Crippen LogP contribution is -2.35. The van der Waals surface area contributed by atoms with Gasteiger partial charge in [0, 0.05) is 12.4 Å². The maximum absolute atomic E-state index is 12.2. The number of para-hydroxylation sites is 1. The van der Waals surface area contributed by atoms with Gasteiger partial charge in [-0.2, -0.15) is 0 Å². The quantitative estimate of drug-likeness (QED) is 0.818. The van der Waals surface area contributed by atoms with Crippen LogP contribution in [0.1, 0.15) is 24.2 Å². The number of amides is 1. The molecule has 0 aliphatic heterocycles. The molecule has 5 heteroatoms. The number of rotatable bonds is 6. The first-order valence-electron chi connectivity index (χ1n) is 6.00. The van der Waals surface area contributed by atoms with Crippen molar-refractivity contribution in [3.63, 3.8) is 0 Å². The monoisotopic (exact) mass is 285 g/mol. The summed E-state index contributed by atoms with van der Waals surface area (Å²) in [5.41, 5.74) is 0.302. The van der Waals surface area contributed by atoms with Crippen molar-refractivity contribution in [2.24, 2.45) is 5.41 Å². The van der Waals surface area contributed by atoms with Gasteiger partial charge in [0.2, 0.25) is 0 Å². The summed E-state index contributed by atoms with van der Waals surface area (Å²) in [7, 11) is 3.05. The van der Waals surface area contributed by atoms with Gasteiger partial charge in [-0.05, 0) is 17.5 Å². The van der Waals surface area contributed by atoms with Gasteiger partial charge in [-0.25, -0.2) is 0 Å². The third-order valence-electron chi connectivity index (χ3n) is 2.74. The molecule has 0 aromatic heterocycles. The van der Waals surface area contributed by atoms with Gasteiger partial charge in [-0.1, -0.05) is 19.9 Å². The molecule has 1 N–H and O–H groups in total. The highest BCUT2D eigenvalue weighted by molar-refractivity contribution is 6.18. The normalized spacial score (nSPS) is 11.0. The first-order valence-corrected chi connectivity index (χ1v) is 6.54. The zero-order chi connectivity index (χ0) is 14.5. The smallest absolute Gasteiger partial charge is 0.255 e. The van der Waals surface area contributed by atoms with Crippen molar-refractivity contribution >= 4 is 17.5 Å². The van der Waals surface area contributed by atoms with E-state index < -0.39 is 0 Å². The maximum atomic E-state index is 12.2. The van der Waals surface area contributed by atoms with Crippen LogP contribution < -0.4 is 14.8 Å². The predicted octanol–water partition coefficient (Wildman–Crippen LogP) is 2.70. The largest absolute Gasteiger partial charge is 0.493 e. The molecule has 0 aliphatic carbocycles. The lowest BCUT2D eigenvalue weighted by atomic mass is 9.96. The molecule has 0 radical (unpaired) electrons. The van der Waals surface area contributed by atoms with Crippen molar-refractivity contribution in [3.8, 4) is 11.5 Å². The van der Waals surface area contributed by atoms with Crippen molar-refractivity contribution in [1.82, 2.24) is 5.32 Å². The highest BCUT2D eigenvalue weighted by atomic mass is 35.5. The van der Waals surface area contributed by atoms with Crippen LogP contribution in [0.2, 0.25) is 0 Å². The maximum Gasteiger partial charge on any atom is 0.255 e. The fraction of sp³-hybridized carbons (Fsp3) is 0.500. The van der Waals surface area contributed by atoms with Crippen LogP contribution in [0.25, 0.3) is 0 Å². The molecule has 19 heavy (non-hydrogen) atoms. The van der Waals surface area contributed by atoms with Crippen LogP contribution in [0, 0.1) is 5.41 Å². The van der Waals surface area contributed by atoms with E-state index in [2.05, 4.69) is 5.32 Å². The van der Waals surface area contributed by atoms with Crippen molar-refractivity contribution in [2.45, 2.75) is 13.8 Å². The van der Waals surface area contributed by atoms with Crippen molar-refractivity contribution in [1.29, 1.82) is 0 Å². The number of halogens is 1. The number of benzene rings is 1. The molecule has 4 nitrogen and oxygen atoms in total. The van der Waals surface area contributed by atoms with Crippen LogP contribution in [0.4, 0.5) is 0 Å². The summed E-state index contributed by atoms with van der Waals surface area (Å²) in [5.74, 6) is 1.24. The van der Waals surface area contributed by atoms with E-state index in [1.54, 1.807) is 18.2 Å². The molecule has 0 aliphatic rings. The molecule has 0 unspecified atom stereocenters. The van der Waals surface area contributed by atoms with Crippen LogP contribution in [0.3, 0.4) is 0 Å². The summed E-state index contributed by atoms with van der Waals surface area (Å²) in [4.78, 5) is 12.2. The van der Waals surface area contributed by atoms with Crippen LogP contribution >= 0.6 is 11.6 Å². The molecule has 0 spiro atoms. The van der Waals surface area contributed by atoms with Crippen LogP contribution in [0.15, 0.2) is 18.2 Å². The molecule has 1 rings (SSSR count). The number of carbonyl (C=O) groups is 1. The minimum Gasteiger partial charge on any atom is -0.493 e. The second-order valence-corrected chi connectivity index (χ2v) is 5.29. The van der Waals surface area contributed by atoms with Gasteiger partial charge >= 0.3 is 0 Å². The third kappa shape index (κ3) is 4.03. The van der Waals surface area contributed by atoms with Crippen LogP contribution in [-0.4, -0.2) is 32.6 Å². The fourth-order valence-corrected chi connectivity index (χ4v) is 1.62. The highest BCUT2D eigenvalue weighted by Gasteiger charge is 2.20. The lowest BCUT2D eigenvalue weighted by Gasteiger charge is -2.22. The summed E-state index contributed by atoms with van der Waals surface area (Å²) >= 11 is 5.83. The second-order valence-electron chi connectivity index (χ2n) is 5.02. The molecule has 0 heterocycles. The molecule has 0 saturated heterocycles. The van der Waals surface area contributed by atoms with Gasteiger partial charge in [-0.3, -0.25) is 4.79 Å². The van der Waals surface area contributed by atoms with E-state index in [0.29, 0.717) is 29.5 Å². The fourth-order valence-electron chi connectivity index (χ4n) is 1.53. The molecule has 0 atom stereocenters.